The number of likely N-dealkylation sites (tertiary alicyclic amines) is 1. The van der Waals surface area contributed by atoms with Crippen molar-refractivity contribution in [3.63, 3.8) is 0 Å². The number of halogens is 2. The fourth-order valence-electron chi connectivity index (χ4n) is 2.52. The summed E-state index contributed by atoms with van der Waals surface area (Å²) in [7, 11) is 0. The molecule has 0 aromatic heterocycles. The molecule has 0 aliphatic carbocycles. The van der Waals surface area contributed by atoms with Crippen LogP contribution in [0.4, 0.5) is 8.78 Å². The van der Waals surface area contributed by atoms with Gasteiger partial charge in [0.2, 0.25) is 0 Å². The molecule has 5 heteroatoms. The van der Waals surface area contributed by atoms with Crippen molar-refractivity contribution in [3.8, 4) is 0 Å². The maximum Gasteiger partial charge on any atom is 0.254 e. The molecule has 1 fully saturated rings. The van der Waals surface area contributed by atoms with Crippen molar-refractivity contribution in [2.45, 2.75) is 25.8 Å². The Hall–Kier alpha value is -1.49. The summed E-state index contributed by atoms with van der Waals surface area (Å²) < 4.78 is 26.2. The zero-order valence-electron chi connectivity index (χ0n) is 11.0. The highest BCUT2D eigenvalue weighted by Crippen LogP contribution is 2.16. The number of hydrogen-bond acceptors (Lipinski definition) is 2. The zero-order chi connectivity index (χ0) is 13.8. The molecule has 0 unspecified atom stereocenters. The molecule has 1 aliphatic heterocycles. The van der Waals surface area contributed by atoms with Crippen molar-refractivity contribution in [1.82, 2.24) is 10.2 Å². The van der Waals surface area contributed by atoms with Crippen molar-refractivity contribution in [1.29, 1.82) is 0 Å². The molecule has 1 aromatic carbocycles. The van der Waals surface area contributed by atoms with Crippen LogP contribution in [0.1, 0.15) is 30.1 Å². The number of hydrogen-bond donors (Lipinski definition) is 1. The third kappa shape index (κ3) is 3.29. The van der Waals surface area contributed by atoms with Gasteiger partial charge < -0.3 is 5.32 Å². The minimum Gasteiger partial charge on any atom is -0.350 e. The van der Waals surface area contributed by atoms with E-state index in [0.717, 1.165) is 38.1 Å². The van der Waals surface area contributed by atoms with E-state index in [1.165, 1.54) is 6.07 Å². The molecule has 1 atom stereocenters. The fraction of sp³-hybridized carbons (Fsp3) is 0.500. The molecule has 2 rings (SSSR count). The van der Waals surface area contributed by atoms with Crippen molar-refractivity contribution < 1.29 is 13.6 Å². The van der Waals surface area contributed by atoms with Crippen molar-refractivity contribution >= 4 is 5.91 Å². The van der Waals surface area contributed by atoms with Gasteiger partial charge in [0.05, 0.1) is 5.56 Å². The normalized spacial score (nSPS) is 19.6. The van der Waals surface area contributed by atoms with Crippen LogP contribution in [0.5, 0.6) is 0 Å². The molecule has 1 aliphatic rings. The predicted molar refractivity (Wildman–Crippen MR) is 69.0 cm³/mol. The van der Waals surface area contributed by atoms with E-state index in [9.17, 15) is 13.6 Å². The SMILES string of the molecule is CCN1CCC[C@H]1CNC(=O)c1ccc(F)cc1F. The molecule has 1 aromatic rings. The number of nitrogens with one attached hydrogen (secondary N) is 1. The van der Waals surface area contributed by atoms with Gasteiger partial charge in [0.15, 0.2) is 0 Å². The third-order valence-corrected chi connectivity index (χ3v) is 3.58. The third-order valence-electron chi connectivity index (χ3n) is 3.58. The van der Waals surface area contributed by atoms with E-state index in [-0.39, 0.29) is 5.56 Å². The van der Waals surface area contributed by atoms with Gasteiger partial charge >= 0.3 is 0 Å². The van der Waals surface area contributed by atoms with Gasteiger partial charge in [-0.2, -0.15) is 0 Å². The van der Waals surface area contributed by atoms with E-state index in [1.54, 1.807) is 0 Å². The first-order valence-electron chi connectivity index (χ1n) is 6.59. The highest BCUT2D eigenvalue weighted by Gasteiger charge is 2.23. The van der Waals surface area contributed by atoms with Crippen molar-refractivity contribution in [2.24, 2.45) is 0 Å². The van der Waals surface area contributed by atoms with Gasteiger partial charge in [0.25, 0.3) is 5.91 Å². The molecule has 1 saturated heterocycles. The van der Waals surface area contributed by atoms with Gasteiger partial charge in [-0.15, -0.1) is 0 Å². The van der Waals surface area contributed by atoms with Gasteiger partial charge in [-0.1, -0.05) is 6.92 Å². The second-order valence-corrected chi connectivity index (χ2v) is 4.76. The van der Waals surface area contributed by atoms with Crippen LogP contribution in [0.25, 0.3) is 0 Å². The first-order valence-corrected chi connectivity index (χ1v) is 6.59. The van der Waals surface area contributed by atoms with Crippen LogP contribution in [-0.2, 0) is 0 Å². The highest BCUT2D eigenvalue weighted by atomic mass is 19.1. The number of carbonyl (C=O) groups is 1. The second kappa shape index (κ2) is 6.10. The van der Waals surface area contributed by atoms with Gasteiger partial charge in [-0.05, 0) is 38.1 Å². The largest absolute Gasteiger partial charge is 0.350 e. The lowest BCUT2D eigenvalue weighted by Crippen LogP contribution is -2.40. The summed E-state index contributed by atoms with van der Waals surface area (Å²) >= 11 is 0. The number of rotatable bonds is 4. The van der Waals surface area contributed by atoms with Crippen molar-refractivity contribution in [2.75, 3.05) is 19.6 Å². The molecular weight excluding hydrogens is 250 g/mol. The van der Waals surface area contributed by atoms with Crippen LogP contribution >= 0.6 is 0 Å². The number of carbonyl (C=O) groups excluding carboxylic acids is 1. The summed E-state index contributed by atoms with van der Waals surface area (Å²) in [5, 5.41) is 2.72. The van der Waals surface area contributed by atoms with E-state index in [4.69, 9.17) is 0 Å². The standard InChI is InChI=1S/C14H18F2N2O/c1-2-18-7-3-4-11(18)9-17-14(19)12-6-5-10(15)8-13(12)16/h5-6,8,11H,2-4,7,9H2,1H3,(H,17,19)/t11-/m0/s1. The summed E-state index contributed by atoms with van der Waals surface area (Å²) in [4.78, 5) is 14.1. The van der Waals surface area contributed by atoms with Crippen LogP contribution in [0.15, 0.2) is 18.2 Å². The molecule has 0 spiro atoms. The number of nitrogens with zero attached hydrogens (tertiary/aromatic N) is 1. The minimum absolute atomic E-state index is 0.109. The summed E-state index contributed by atoms with van der Waals surface area (Å²) in [6, 6.07) is 3.30. The molecule has 3 nitrogen and oxygen atoms in total. The fourth-order valence-corrected chi connectivity index (χ4v) is 2.52. The molecule has 0 radical (unpaired) electrons. The average molecular weight is 268 g/mol. The molecule has 0 bridgehead atoms. The Labute approximate surface area is 111 Å². The number of benzene rings is 1. The lowest BCUT2D eigenvalue weighted by molar-refractivity contribution is 0.0937. The van der Waals surface area contributed by atoms with Crippen LogP contribution in [0.3, 0.4) is 0 Å². The molecule has 1 N–H and O–H groups in total. The van der Waals surface area contributed by atoms with E-state index in [2.05, 4.69) is 17.1 Å². The Balaban J connectivity index is 1.94. The Morgan fingerprint density at radius 2 is 2.26 bits per heavy atom. The van der Waals surface area contributed by atoms with Crippen LogP contribution < -0.4 is 5.32 Å². The van der Waals surface area contributed by atoms with Gasteiger partial charge in [0, 0.05) is 18.7 Å². The molecule has 0 saturated carbocycles. The van der Waals surface area contributed by atoms with Crippen LogP contribution in [0, 0.1) is 11.6 Å². The molecular formula is C14H18F2N2O. The molecule has 1 heterocycles. The smallest absolute Gasteiger partial charge is 0.254 e. The van der Waals surface area contributed by atoms with Gasteiger partial charge in [-0.25, -0.2) is 8.78 Å². The Morgan fingerprint density at radius 1 is 1.47 bits per heavy atom. The Bertz CT molecular complexity index is 465. The van der Waals surface area contributed by atoms with Gasteiger partial charge in [-0.3, -0.25) is 9.69 Å². The lowest BCUT2D eigenvalue weighted by Gasteiger charge is -2.22. The highest BCUT2D eigenvalue weighted by molar-refractivity contribution is 5.94. The quantitative estimate of drug-likeness (QED) is 0.907. The molecule has 1 amide bonds. The van der Waals surface area contributed by atoms with E-state index in [0.29, 0.717) is 12.6 Å². The molecule has 104 valence electrons. The summed E-state index contributed by atoms with van der Waals surface area (Å²) in [5.74, 6) is -1.99. The summed E-state index contributed by atoms with van der Waals surface area (Å²) in [6.07, 6.45) is 2.17. The van der Waals surface area contributed by atoms with E-state index in [1.807, 2.05) is 0 Å². The summed E-state index contributed by atoms with van der Waals surface area (Å²) in [6.45, 7) is 4.58. The second-order valence-electron chi connectivity index (χ2n) is 4.76. The van der Waals surface area contributed by atoms with Gasteiger partial charge in [0.1, 0.15) is 11.6 Å². The number of amides is 1. The maximum atomic E-state index is 13.4. The monoisotopic (exact) mass is 268 g/mol. The molecule has 19 heavy (non-hydrogen) atoms. The average Bonchev–Trinajstić information content (AvgIpc) is 2.83. The zero-order valence-corrected chi connectivity index (χ0v) is 11.0. The summed E-state index contributed by atoms with van der Waals surface area (Å²) in [5.41, 5.74) is -0.109. The van der Waals surface area contributed by atoms with E-state index >= 15 is 0 Å². The van der Waals surface area contributed by atoms with Crippen molar-refractivity contribution in [3.05, 3.63) is 35.4 Å². The van der Waals surface area contributed by atoms with Crippen LogP contribution in [-0.4, -0.2) is 36.5 Å². The first-order chi connectivity index (χ1) is 9.11. The topological polar surface area (TPSA) is 32.3 Å². The minimum atomic E-state index is -0.823. The Morgan fingerprint density at radius 3 is 2.95 bits per heavy atom. The van der Waals surface area contributed by atoms with E-state index < -0.39 is 17.5 Å². The number of likely N-dealkylation sites (N-methyl/N-ethyl adjacent to an activating group) is 1. The van der Waals surface area contributed by atoms with Crippen LogP contribution in [0.2, 0.25) is 0 Å². The Kier molecular flexibility index (Phi) is 4.47. The predicted octanol–water partition coefficient (Wildman–Crippen LogP) is 2.18. The lowest BCUT2D eigenvalue weighted by atomic mass is 10.1. The first kappa shape index (κ1) is 13.9. The maximum absolute atomic E-state index is 13.4.